The number of carboxylic acids is 1. The fourth-order valence-corrected chi connectivity index (χ4v) is 2.54. The topological polar surface area (TPSA) is 66.8 Å². The van der Waals surface area contributed by atoms with Gasteiger partial charge in [-0.05, 0) is 31.4 Å². The Morgan fingerprint density at radius 1 is 1.24 bits per heavy atom. The van der Waals surface area contributed by atoms with Crippen LogP contribution in [0.4, 0.5) is 10.1 Å². The summed E-state index contributed by atoms with van der Waals surface area (Å²) in [7, 11) is 1.34. The molecule has 140 valence electrons. The third-order valence-electron chi connectivity index (χ3n) is 4.04. The molecule has 1 saturated carbocycles. The molecule has 6 heteroatoms. The summed E-state index contributed by atoms with van der Waals surface area (Å²) in [5.41, 5.74) is -0.861. The molecule has 1 aromatic rings. The number of carbonyl (C=O) groups is 2. The zero-order chi connectivity index (χ0) is 19.4. The molecule has 0 atom stereocenters. The van der Waals surface area contributed by atoms with Crippen LogP contribution >= 0.6 is 0 Å². The van der Waals surface area contributed by atoms with Crippen molar-refractivity contribution in [3.8, 4) is 5.75 Å². The van der Waals surface area contributed by atoms with Crippen LogP contribution in [0.3, 0.4) is 0 Å². The highest BCUT2D eigenvalue weighted by Gasteiger charge is 2.38. The van der Waals surface area contributed by atoms with E-state index in [0.29, 0.717) is 0 Å². The molecule has 1 aliphatic carbocycles. The zero-order valence-corrected chi connectivity index (χ0v) is 15.9. The van der Waals surface area contributed by atoms with Gasteiger partial charge in [0.25, 0.3) is 0 Å². The summed E-state index contributed by atoms with van der Waals surface area (Å²) in [5.74, 6) is -2.15. The molecule has 1 N–H and O–H groups in total. The summed E-state index contributed by atoms with van der Waals surface area (Å²) in [4.78, 5) is 25.4. The summed E-state index contributed by atoms with van der Waals surface area (Å²) >= 11 is 0. The number of nitrogens with zero attached hydrogens (tertiary/aromatic N) is 1. The number of benzene rings is 1. The summed E-state index contributed by atoms with van der Waals surface area (Å²) < 4.78 is 19.8. The smallest absolute Gasteiger partial charge is 0.335 e. The minimum atomic E-state index is -1.24. The summed E-state index contributed by atoms with van der Waals surface area (Å²) in [6.07, 6.45) is 2.58. The molecule has 0 radical (unpaired) electrons. The first kappa shape index (κ1) is 20.9. The number of halogens is 1. The Morgan fingerprint density at radius 2 is 1.80 bits per heavy atom. The normalized spacial score (nSPS) is 14.0. The highest BCUT2D eigenvalue weighted by Crippen LogP contribution is 2.40. The van der Waals surface area contributed by atoms with Crippen molar-refractivity contribution in [2.75, 3.05) is 12.0 Å². The van der Waals surface area contributed by atoms with Gasteiger partial charge in [0, 0.05) is 11.5 Å². The lowest BCUT2D eigenvalue weighted by molar-refractivity contribution is -0.126. The molecule has 0 aliphatic heterocycles. The average Bonchev–Trinajstić information content (AvgIpc) is 2.50. The molecule has 0 spiro atoms. The second kappa shape index (κ2) is 8.32. The number of carbonyl (C=O) groups excluding carboxylic acids is 1. The van der Waals surface area contributed by atoms with Crippen molar-refractivity contribution < 1.29 is 23.8 Å². The maximum Gasteiger partial charge on any atom is 0.335 e. The Bertz CT molecular complexity index is 633. The molecule has 0 bridgehead atoms. The van der Waals surface area contributed by atoms with Crippen LogP contribution in [0.1, 0.15) is 64.2 Å². The fraction of sp³-hybridized carbons (Fsp3) is 0.579. The van der Waals surface area contributed by atoms with E-state index in [1.54, 1.807) is 20.8 Å². The third-order valence-corrected chi connectivity index (χ3v) is 4.04. The van der Waals surface area contributed by atoms with E-state index < -0.39 is 17.2 Å². The van der Waals surface area contributed by atoms with Crippen LogP contribution in [0.15, 0.2) is 12.1 Å². The van der Waals surface area contributed by atoms with Gasteiger partial charge in [0.2, 0.25) is 5.91 Å². The Balaban J connectivity index is 0.00000151. The number of ether oxygens (including phenoxy) is 1. The van der Waals surface area contributed by atoms with Gasteiger partial charge in [0.05, 0.1) is 12.7 Å². The Hall–Kier alpha value is -2.11. The summed E-state index contributed by atoms with van der Waals surface area (Å²) in [5, 5.41) is 9.06. The van der Waals surface area contributed by atoms with Gasteiger partial charge in [-0.25, -0.2) is 9.18 Å². The van der Waals surface area contributed by atoms with Crippen molar-refractivity contribution >= 4 is 17.6 Å². The van der Waals surface area contributed by atoms with Gasteiger partial charge >= 0.3 is 5.97 Å². The largest absolute Gasteiger partial charge is 0.494 e. The van der Waals surface area contributed by atoms with Crippen LogP contribution in [0.25, 0.3) is 0 Å². The first-order valence-corrected chi connectivity index (χ1v) is 8.61. The molecular weight excluding hydrogens is 325 g/mol. The minimum absolute atomic E-state index is 0.0297. The van der Waals surface area contributed by atoms with Crippen LogP contribution in [0.5, 0.6) is 5.75 Å². The van der Waals surface area contributed by atoms with Gasteiger partial charge < -0.3 is 14.7 Å². The number of amides is 1. The predicted octanol–water partition coefficient (Wildman–Crippen LogP) is 4.49. The first-order valence-electron chi connectivity index (χ1n) is 8.61. The molecular formula is C19H28FNO4. The van der Waals surface area contributed by atoms with Gasteiger partial charge in [-0.1, -0.05) is 34.6 Å². The molecule has 0 aromatic heterocycles. The predicted molar refractivity (Wildman–Crippen MR) is 95.8 cm³/mol. The van der Waals surface area contributed by atoms with Gasteiger partial charge in [-0.3, -0.25) is 4.79 Å². The molecule has 0 saturated heterocycles. The lowest BCUT2D eigenvalue weighted by Crippen LogP contribution is -2.49. The molecule has 0 heterocycles. The van der Waals surface area contributed by atoms with Gasteiger partial charge in [0.1, 0.15) is 11.4 Å². The minimum Gasteiger partial charge on any atom is -0.494 e. The number of anilines is 1. The van der Waals surface area contributed by atoms with Crippen LogP contribution in [-0.4, -0.2) is 30.1 Å². The quantitative estimate of drug-likeness (QED) is 0.866. The standard InChI is InChI=1S/C17H22FNO4.C2H6/c1-17(2,3)16(22)19(11-6-5-7-11)14-12(18)8-10(15(20)21)9-13(14)23-4;1-2/h8-9,11H,5-7H2,1-4H3,(H,20,21);1-2H3. The molecule has 2 rings (SSSR count). The van der Waals surface area contributed by atoms with Crippen molar-refractivity contribution in [2.24, 2.45) is 5.41 Å². The summed E-state index contributed by atoms with van der Waals surface area (Å²) in [6.45, 7) is 9.32. The van der Waals surface area contributed by atoms with E-state index in [9.17, 15) is 14.0 Å². The molecule has 0 unspecified atom stereocenters. The van der Waals surface area contributed by atoms with Crippen molar-refractivity contribution in [3.05, 3.63) is 23.5 Å². The maximum absolute atomic E-state index is 14.6. The van der Waals surface area contributed by atoms with Crippen molar-refractivity contribution in [1.82, 2.24) is 0 Å². The van der Waals surface area contributed by atoms with Crippen LogP contribution in [0, 0.1) is 11.2 Å². The van der Waals surface area contributed by atoms with Gasteiger partial charge in [-0.15, -0.1) is 0 Å². The first-order chi connectivity index (χ1) is 11.7. The van der Waals surface area contributed by atoms with Crippen molar-refractivity contribution in [1.29, 1.82) is 0 Å². The number of aromatic carboxylic acids is 1. The SMILES string of the molecule is CC.COc1cc(C(=O)O)cc(F)c1N(C(=O)C(C)(C)C)C1CCC1. The van der Waals surface area contributed by atoms with E-state index in [4.69, 9.17) is 9.84 Å². The van der Waals surface area contributed by atoms with E-state index in [1.807, 2.05) is 13.8 Å². The second-order valence-corrected chi connectivity index (χ2v) is 6.82. The van der Waals surface area contributed by atoms with Crippen LogP contribution in [-0.2, 0) is 4.79 Å². The number of hydrogen-bond donors (Lipinski definition) is 1. The van der Waals surface area contributed by atoms with Gasteiger partial charge in [0.15, 0.2) is 5.82 Å². The molecule has 1 amide bonds. The van der Waals surface area contributed by atoms with E-state index >= 15 is 0 Å². The Morgan fingerprint density at radius 3 is 2.16 bits per heavy atom. The lowest BCUT2D eigenvalue weighted by atomic mass is 9.86. The van der Waals surface area contributed by atoms with E-state index in [-0.39, 0.29) is 28.9 Å². The Labute approximate surface area is 148 Å². The van der Waals surface area contributed by atoms with Crippen LogP contribution in [0.2, 0.25) is 0 Å². The highest BCUT2D eigenvalue weighted by atomic mass is 19.1. The van der Waals surface area contributed by atoms with E-state index in [2.05, 4.69) is 0 Å². The average molecular weight is 353 g/mol. The van der Waals surface area contributed by atoms with Crippen LogP contribution < -0.4 is 9.64 Å². The van der Waals surface area contributed by atoms with E-state index in [1.165, 1.54) is 18.1 Å². The molecule has 1 aromatic carbocycles. The number of carboxylic acid groups (broad SMARTS) is 1. The second-order valence-electron chi connectivity index (χ2n) is 6.82. The van der Waals surface area contributed by atoms with Gasteiger partial charge in [-0.2, -0.15) is 0 Å². The zero-order valence-electron chi connectivity index (χ0n) is 15.9. The molecule has 5 nitrogen and oxygen atoms in total. The molecule has 1 aliphatic rings. The number of rotatable bonds is 4. The third kappa shape index (κ3) is 4.50. The monoisotopic (exact) mass is 353 g/mol. The van der Waals surface area contributed by atoms with E-state index in [0.717, 1.165) is 25.3 Å². The number of hydrogen-bond acceptors (Lipinski definition) is 3. The lowest BCUT2D eigenvalue weighted by Gasteiger charge is -2.41. The molecule has 1 fully saturated rings. The summed E-state index contributed by atoms with van der Waals surface area (Å²) in [6, 6.07) is 2.10. The van der Waals surface area contributed by atoms with Crippen molar-refractivity contribution in [3.63, 3.8) is 0 Å². The Kier molecular flexibility index (Phi) is 6.96. The maximum atomic E-state index is 14.6. The fourth-order valence-electron chi connectivity index (χ4n) is 2.54. The highest BCUT2D eigenvalue weighted by molar-refractivity contribution is 6.00. The number of methoxy groups -OCH3 is 1. The molecule has 25 heavy (non-hydrogen) atoms. The van der Waals surface area contributed by atoms with Crippen molar-refractivity contribution in [2.45, 2.75) is 59.9 Å².